The van der Waals surface area contributed by atoms with E-state index in [0.29, 0.717) is 0 Å². The third kappa shape index (κ3) is 8.44. The molecular formula is C49H45ClZr. The van der Waals surface area contributed by atoms with Crippen molar-refractivity contribution in [1.29, 1.82) is 0 Å². The molecule has 6 aromatic rings. The summed E-state index contributed by atoms with van der Waals surface area (Å²) in [6, 6.07) is 45.1. The largest absolute Gasteiger partial charge is 0.273 e. The maximum atomic E-state index is 6.08. The summed E-state index contributed by atoms with van der Waals surface area (Å²) in [5.74, 6) is 0. The van der Waals surface area contributed by atoms with Crippen LogP contribution >= 0.6 is 11.6 Å². The maximum Gasteiger partial charge on any atom is -0.109 e. The van der Waals surface area contributed by atoms with Gasteiger partial charge < -0.3 is 0 Å². The number of hydrogen-bond acceptors (Lipinski definition) is 0. The van der Waals surface area contributed by atoms with Crippen molar-refractivity contribution in [3.05, 3.63) is 178 Å². The average molecular weight is 761 g/mol. The van der Waals surface area contributed by atoms with Crippen LogP contribution in [0.15, 0.2) is 133 Å². The molecule has 0 amide bonds. The third-order valence-electron chi connectivity index (χ3n) is 9.47. The zero-order chi connectivity index (χ0) is 36.2. The summed E-state index contributed by atoms with van der Waals surface area (Å²) >= 11 is 7.49. The van der Waals surface area contributed by atoms with E-state index in [0.717, 1.165) is 23.3 Å². The summed E-state index contributed by atoms with van der Waals surface area (Å²) in [5.41, 5.74) is 14.8. The standard InChI is InChI=1S/C33H33.C11H7Cl.C5H5.Zr/c1-32(2,3)30-20-26-24(18-28(30)22-13-9-7-10-14-22)17-25-19-29(23-15-11-8-12-16-23)31(21-27(25)26)33(4,5)6;1-8-4-2-6-10-9(8)5-3-7-11(10)12;1-2-4-5-3-1;/h7-16,18,20-21H,17H2,1-6H3;1-7H;1-3H,4H2;/q-1;;-1;+2. The van der Waals surface area contributed by atoms with Crippen molar-refractivity contribution in [3.8, 4) is 33.4 Å². The molecule has 2 aliphatic rings. The molecule has 2 heteroatoms. The van der Waals surface area contributed by atoms with Gasteiger partial charge in [0.25, 0.3) is 0 Å². The van der Waals surface area contributed by atoms with Crippen molar-refractivity contribution in [3.63, 3.8) is 0 Å². The molecule has 0 nitrogen and oxygen atoms in total. The first-order valence-corrected chi connectivity index (χ1v) is 19.5. The van der Waals surface area contributed by atoms with Crippen LogP contribution in [0.3, 0.4) is 0 Å². The van der Waals surface area contributed by atoms with Gasteiger partial charge in [0, 0.05) is 0 Å². The molecule has 51 heavy (non-hydrogen) atoms. The predicted octanol–water partition coefficient (Wildman–Crippen LogP) is 13.5. The molecule has 0 aromatic heterocycles. The van der Waals surface area contributed by atoms with E-state index in [1.165, 1.54) is 90.8 Å². The molecule has 0 unspecified atom stereocenters. The monoisotopic (exact) mass is 758 g/mol. The summed E-state index contributed by atoms with van der Waals surface area (Å²) in [4.78, 5) is 0. The Morgan fingerprint density at radius 3 is 1.86 bits per heavy atom. The Morgan fingerprint density at radius 2 is 1.27 bits per heavy atom. The van der Waals surface area contributed by atoms with E-state index in [1.54, 1.807) is 0 Å². The van der Waals surface area contributed by atoms with Crippen molar-refractivity contribution in [2.45, 2.75) is 65.2 Å². The Balaban J connectivity index is 0.000000203. The molecule has 252 valence electrons. The minimum Gasteiger partial charge on any atom is -0.273 e. The zero-order valence-corrected chi connectivity index (χ0v) is 33.8. The van der Waals surface area contributed by atoms with Crippen LogP contribution in [0.2, 0.25) is 5.02 Å². The second-order valence-corrected chi connectivity index (χ2v) is 16.4. The average Bonchev–Trinajstić information content (AvgIpc) is 3.83. The minimum atomic E-state index is 0.0380. The van der Waals surface area contributed by atoms with Gasteiger partial charge in [0.2, 0.25) is 0 Å². The molecule has 0 fully saturated rings. The Hall–Kier alpha value is -3.90. The van der Waals surface area contributed by atoms with Crippen molar-refractivity contribution in [2.24, 2.45) is 0 Å². The summed E-state index contributed by atoms with van der Waals surface area (Å²) in [5, 5.41) is 3.21. The van der Waals surface area contributed by atoms with Crippen molar-refractivity contribution in [1.82, 2.24) is 0 Å². The van der Waals surface area contributed by atoms with E-state index in [1.807, 2.05) is 30.4 Å². The molecule has 0 saturated heterocycles. The molecule has 0 radical (unpaired) electrons. The molecule has 0 saturated carbocycles. The molecule has 0 heterocycles. The first-order chi connectivity index (χ1) is 24.5. The summed E-state index contributed by atoms with van der Waals surface area (Å²) in [7, 11) is 0. The van der Waals surface area contributed by atoms with Crippen LogP contribution in [-0.4, -0.2) is 3.71 Å². The van der Waals surface area contributed by atoms with Gasteiger partial charge in [-0.2, -0.15) is 6.08 Å². The fourth-order valence-corrected chi connectivity index (χ4v) is 7.72. The van der Waals surface area contributed by atoms with Gasteiger partial charge in [-0.05, 0) is 39.5 Å². The van der Waals surface area contributed by atoms with Gasteiger partial charge in [0.05, 0.1) is 0 Å². The van der Waals surface area contributed by atoms with Gasteiger partial charge in [-0.15, -0.1) is 35.2 Å². The third-order valence-corrected chi connectivity index (χ3v) is 10.6. The Morgan fingerprint density at radius 1 is 0.647 bits per heavy atom. The Kier molecular flexibility index (Phi) is 11.4. The van der Waals surface area contributed by atoms with Crippen molar-refractivity contribution in [2.75, 3.05) is 0 Å². The van der Waals surface area contributed by atoms with Crippen LogP contribution in [0, 0.1) is 12.1 Å². The summed E-state index contributed by atoms with van der Waals surface area (Å²) in [6.07, 6.45) is 10.9. The number of halogens is 1. The van der Waals surface area contributed by atoms with E-state index < -0.39 is 0 Å². The number of fused-ring (bicyclic) bond motifs is 4. The molecule has 2 aliphatic carbocycles. The molecule has 0 bridgehead atoms. The topological polar surface area (TPSA) is 0 Å². The van der Waals surface area contributed by atoms with Gasteiger partial charge >= 0.3 is 97.3 Å². The number of rotatable bonds is 3. The molecule has 8 rings (SSSR count). The second-order valence-electron chi connectivity index (χ2n) is 15.2. The van der Waals surface area contributed by atoms with Gasteiger partial charge in [-0.3, -0.25) is 6.08 Å². The smallest absolute Gasteiger partial charge is 0.109 e. The fraction of sp³-hybridized carbons (Fsp3) is 0.204. The predicted molar refractivity (Wildman–Crippen MR) is 217 cm³/mol. The zero-order valence-electron chi connectivity index (χ0n) is 30.6. The SMILES string of the molecule is CC(C)(C)c1cc2c([c-]c1-c1ccccc1)Cc1cc(-c3ccccc3)c(C(C)(C)C)cc1-2.Clc1cccc2c([CH]=[Zr+2])cccc12.[C-]1=CC=CC1. The van der Waals surface area contributed by atoms with Crippen LogP contribution < -0.4 is 0 Å². The number of hydrogen-bond donors (Lipinski definition) is 0. The second kappa shape index (κ2) is 15.8. The summed E-state index contributed by atoms with van der Waals surface area (Å²) in [6.45, 7) is 13.9. The fourth-order valence-electron chi connectivity index (χ4n) is 6.86. The van der Waals surface area contributed by atoms with E-state index in [2.05, 4.69) is 161 Å². The normalized spacial score (nSPS) is 12.8. The number of benzene rings is 6. The van der Waals surface area contributed by atoms with E-state index in [4.69, 9.17) is 11.6 Å². The van der Waals surface area contributed by atoms with Gasteiger partial charge in [0.1, 0.15) is 0 Å². The van der Waals surface area contributed by atoms with Crippen LogP contribution in [0.1, 0.15) is 75.8 Å². The Labute approximate surface area is 325 Å². The minimum absolute atomic E-state index is 0.0380. The van der Waals surface area contributed by atoms with Gasteiger partial charge in [0.15, 0.2) is 0 Å². The van der Waals surface area contributed by atoms with Crippen LogP contribution in [0.25, 0.3) is 44.2 Å². The quantitative estimate of drug-likeness (QED) is 0.157. The van der Waals surface area contributed by atoms with E-state index in [-0.39, 0.29) is 10.8 Å². The maximum absolute atomic E-state index is 6.08. The summed E-state index contributed by atoms with van der Waals surface area (Å²) < 4.78 is 2.19. The van der Waals surface area contributed by atoms with Gasteiger partial charge in [-0.1, -0.05) is 131 Å². The van der Waals surface area contributed by atoms with E-state index >= 15 is 0 Å². The molecule has 0 atom stereocenters. The van der Waals surface area contributed by atoms with E-state index in [9.17, 15) is 0 Å². The van der Waals surface area contributed by atoms with Crippen LogP contribution in [-0.2, 0) is 41.5 Å². The van der Waals surface area contributed by atoms with Crippen molar-refractivity contribution >= 4 is 26.1 Å². The van der Waals surface area contributed by atoms with Crippen molar-refractivity contribution < 1.29 is 24.2 Å². The van der Waals surface area contributed by atoms with Crippen LogP contribution in [0.5, 0.6) is 0 Å². The first-order valence-electron chi connectivity index (χ1n) is 17.7. The molecular weight excluding hydrogens is 715 g/mol. The van der Waals surface area contributed by atoms with Gasteiger partial charge in [-0.25, -0.2) is 12.2 Å². The molecule has 0 N–H and O–H groups in total. The Bertz CT molecular complexity index is 2110. The molecule has 0 aliphatic heterocycles. The van der Waals surface area contributed by atoms with Crippen LogP contribution in [0.4, 0.5) is 0 Å². The first kappa shape index (κ1) is 36.9. The molecule has 0 spiro atoms. The number of allylic oxidation sites excluding steroid dienone is 4. The molecule has 6 aromatic carbocycles.